The summed E-state index contributed by atoms with van der Waals surface area (Å²) in [6.07, 6.45) is 1.77. The SMILES string of the molecule is O=C(O)CCCCC(=O)NC(=O)NCCc1ccc(Br)s1. The van der Waals surface area contributed by atoms with Gasteiger partial charge in [0, 0.05) is 24.3 Å². The van der Waals surface area contributed by atoms with Gasteiger partial charge in [-0.3, -0.25) is 14.9 Å². The van der Waals surface area contributed by atoms with E-state index in [-0.39, 0.29) is 12.8 Å². The highest BCUT2D eigenvalue weighted by atomic mass is 79.9. The molecule has 8 heteroatoms. The molecule has 0 aliphatic heterocycles. The summed E-state index contributed by atoms with van der Waals surface area (Å²) in [6, 6.07) is 3.40. The first-order valence-corrected chi connectivity index (χ1v) is 8.12. The van der Waals surface area contributed by atoms with Crippen LogP contribution < -0.4 is 10.6 Å². The van der Waals surface area contributed by atoms with Crippen LogP contribution in [0.4, 0.5) is 4.79 Å². The molecule has 0 saturated heterocycles. The van der Waals surface area contributed by atoms with E-state index in [0.29, 0.717) is 25.8 Å². The molecular formula is C13H17BrN2O4S. The van der Waals surface area contributed by atoms with Gasteiger partial charge in [-0.15, -0.1) is 11.3 Å². The van der Waals surface area contributed by atoms with E-state index in [0.717, 1.165) is 8.66 Å². The number of unbranched alkanes of at least 4 members (excludes halogenated alkanes) is 1. The molecule has 0 atom stereocenters. The number of nitrogens with one attached hydrogen (secondary N) is 2. The summed E-state index contributed by atoms with van der Waals surface area (Å²) in [7, 11) is 0. The van der Waals surface area contributed by atoms with Gasteiger partial charge in [-0.25, -0.2) is 4.79 Å². The predicted molar refractivity (Wildman–Crippen MR) is 83.4 cm³/mol. The molecule has 1 aromatic heterocycles. The third-order valence-corrected chi connectivity index (χ3v) is 4.27. The number of carboxylic acid groups (broad SMARTS) is 1. The Morgan fingerprint density at radius 3 is 2.52 bits per heavy atom. The van der Waals surface area contributed by atoms with Crippen LogP contribution in [-0.4, -0.2) is 29.6 Å². The number of thiophene rings is 1. The second kappa shape index (κ2) is 9.51. The van der Waals surface area contributed by atoms with Crippen LogP contribution in [0.15, 0.2) is 15.9 Å². The summed E-state index contributed by atoms with van der Waals surface area (Å²) in [5.74, 6) is -1.27. The van der Waals surface area contributed by atoms with E-state index in [4.69, 9.17) is 5.11 Å². The van der Waals surface area contributed by atoms with Crippen molar-refractivity contribution in [2.45, 2.75) is 32.1 Å². The second-order valence-electron chi connectivity index (χ2n) is 4.36. The normalized spacial score (nSPS) is 10.1. The van der Waals surface area contributed by atoms with Crippen LogP contribution in [0.25, 0.3) is 0 Å². The molecule has 0 fully saturated rings. The number of imide groups is 1. The highest BCUT2D eigenvalue weighted by Crippen LogP contribution is 2.21. The minimum Gasteiger partial charge on any atom is -0.481 e. The smallest absolute Gasteiger partial charge is 0.321 e. The number of aliphatic carboxylic acids is 1. The molecule has 1 heterocycles. The molecule has 0 aliphatic carbocycles. The minimum absolute atomic E-state index is 0.0375. The number of halogens is 1. The Morgan fingerprint density at radius 2 is 1.90 bits per heavy atom. The number of carboxylic acids is 1. The first-order chi connectivity index (χ1) is 9.97. The second-order valence-corrected chi connectivity index (χ2v) is 6.91. The summed E-state index contributed by atoms with van der Waals surface area (Å²) in [4.78, 5) is 34.3. The van der Waals surface area contributed by atoms with Crippen molar-refractivity contribution in [2.75, 3.05) is 6.54 Å². The fourth-order valence-corrected chi connectivity index (χ4v) is 3.06. The molecule has 1 rings (SSSR count). The number of hydrogen-bond acceptors (Lipinski definition) is 4. The summed E-state index contributed by atoms with van der Waals surface area (Å²) < 4.78 is 1.04. The third kappa shape index (κ3) is 8.46. The number of rotatable bonds is 8. The van der Waals surface area contributed by atoms with Crippen LogP contribution >= 0.6 is 27.3 Å². The highest BCUT2D eigenvalue weighted by Gasteiger charge is 2.07. The first-order valence-electron chi connectivity index (χ1n) is 6.51. The molecule has 1 aromatic rings. The number of amides is 3. The Labute approximate surface area is 135 Å². The molecule has 116 valence electrons. The fourth-order valence-electron chi connectivity index (χ4n) is 1.58. The van der Waals surface area contributed by atoms with Crippen molar-refractivity contribution in [3.8, 4) is 0 Å². The highest BCUT2D eigenvalue weighted by molar-refractivity contribution is 9.11. The largest absolute Gasteiger partial charge is 0.481 e. The zero-order valence-electron chi connectivity index (χ0n) is 11.4. The first kappa shape index (κ1) is 17.6. The monoisotopic (exact) mass is 376 g/mol. The van der Waals surface area contributed by atoms with E-state index in [1.54, 1.807) is 11.3 Å². The summed E-state index contributed by atoms with van der Waals surface area (Å²) in [5, 5.41) is 13.3. The Hall–Kier alpha value is -1.41. The lowest BCUT2D eigenvalue weighted by atomic mass is 10.2. The van der Waals surface area contributed by atoms with Crippen molar-refractivity contribution in [1.29, 1.82) is 0 Å². The predicted octanol–water partition coefficient (Wildman–Crippen LogP) is 2.52. The van der Waals surface area contributed by atoms with E-state index >= 15 is 0 Å². The maximum absolute atomic E-state index is 11.4. The third-order valence-electron chi connectivity index (χ3n) is 2.58. The molecule has 0 saturated carbocycles. The van der Waals surface area contributed by atoms with Crippen LogP contribution in [0.3, 0.4) is 0 Å². The molecule has 0 radical (unpaired) electrons. The summed E-state index contributed by atoms with van der Waals surface area (Å²) in [5.41, 5.74) is 0. The van der Waals surface area contributed by atoms with Gasteiger partial charge in [-0.05, 0) is 47.3 Å². The van der Waals surface area contributed by atoms with Crippen molar-refractivity contribution >= 4 is 45.2 Å². The lowest BCUT2D eigenvalue weighted by Crippen LogP contribution is -2.40. The molecule has 6 nitrogen and oxygen atoms in total. The lowest BCUT2D eigenvalue weighted by Gasteiger charge is -2.05. The minimum atomic E-state index is -0.881. The molecule has 3 amide bonds. The van der Waals surface area contributed by atoms with E-state index in [9.17, 15) is 14.4 Å². The van der Waals surface area contributed by atoms with E-state index in [2.05, 4.69) is 26.6 Å². The molecule has 0 spiro atoms. The number of carbonyl (C=O) groups is 3. The van der Waals surface area contributed by atoms with Crippen molar-refractivity contribution in [3.05, 3.63) is 20.8 Å². The maximum atomic E-state index is 11.4. The molecule has 3 N–H and O–H groups in total. The van der Waals surface area contributed by atoms with Gasteiger partial charge in [-0.2, -0.15) is 0 Å². The van der Waals surface area contributed by atoms with Crippen LogP contribution in [0.1, 0.15) is 30.6 Å². The van der Waals surface area contributed by atoms with Crippen LogP contribution in [0, 0.1) is 0 Å². The zero-order chi connectivity index (χ0) is 15.7. The number of urea groups is 1. The lowest BCUT2D eigenvalue weighted by molar-refractivity contribution is -0.137. The van der Waals surface area contributed by atoms with Crippen LogP contribution in [0.2, 0.25) is 0 Å². The maximum Gasteiger partial charge on any atom is 0.321 e. The van der Waals surface area contributed by atoms with Gasteiger partial charge in [0.25, 0.3) is 0 Å². The number of carbonyl (C=O) groups excluding carboxylic acids is 2. The molecular weight excluding hydrogens is 360 g/mol. The van der Waals surface area contributed by atoms with Gasteiger partial charge >= 0.3 is 12.0 Å². The van der Waals surface area contributed by atoms with Crippen LogP contribution in [-0.2, 0) is 16.0 Å². The molecule has 21 heavy (non-hydrogen) atoms. The van der Waals surface area contributed by atoms with Crippen molar-refractivity contribution in [3.63, 3.8) is 0 Å². The topological polar surface area (TPSA) is 95.5 Å². The Morgan fingerprint density at radius 1 is 1.19 bits per heavy atom. The van der Waals surface area contributed by atoms with Crippen molar-refractivity contribution < 1.29 is 19.5 Å². The molecule has 0 aromatic carbocycles. The molecule has 0 aliphatic rings. The average molecular weight is 377 g/mol. The standard InChI is InChI=1S/C13H17BrN2O4S/c14-10-6-5-9(21-10)7-8-15-13(20)16-11(17)3-1-2-4-12(18)19/h5-6H,1-4,7-8H2,(H,18,19)(H2,15,16,17,20). The van der Waals surface area contributed by atoms with Gasteiger partial charge in [0.15, 0.2) is 0 Å². The summed E-state index contributed by atoms with van der Waals surface area (Å²) in [6.45, 7) is 0.449. The Balaban J connectivity index is 2.09. The Kier molecular flexibility index (Phi) is 7.99. The average Bonchev–Trinajstić information content (AvgIpc) is 2.80. The van der Waals surface area contributed by atoms with E-state index in [1.807, 2.05) is 12.1 Å². The molecule has 0 unspecified atom stereocenters. The van der Waals surface area contributed by atoms with Crippen molar-refractivity contribution in [2.24, 2.45) is 0 Å². The fraction of sp³-hybridized carbons (Fsp3) is 0.462. The van der Waals surface area contributed by atoms with Gasteiger partial charge in [0.1, 0.15) is 0 Å². The summed E-state index contributed by atoms with van der Waals surface area (Å²) >= 11 is 4.96. The molecule has 0 bridgehead atoms. The van der Waals surface area contributed by atoms with Gasteiger partial charge in [0.05, 0.1) is 3.79 Å². The van der Waals surface area contributed by atoms with Gasteiger partial charge < -0.3 is 10.4 Å². The van der Waals surface area contributed by atoms with E-state index in [1.165, 1.54) is 0 Å². The zero-order valence-corrected chi connectivity index (χ0v) is 13.8. The van der Waals surface area contributed by atoms with E-state index < -0.39 is 17.9 Å². The van der Waals surface area contributed by atoms with Gasteiger partial charge in [-0.1, -0.05) is 0 Å². The quantitative estimate of drug-likeness (QED) is 0.607. The van der Waals surface area contributed by atoms with Crippen molar-refractivity contribution in [1.82, 2.24) is 10.6 Å². The number of hydrogen-bond donors (Lipinski definition) is 3. The van der Waals surface area contributed by atoms with Crippen LogP contribution in [0.5, 0.6) is 0 Å². The Bertz CT molecular complexity index is 504. The van der Waals surface area contributed by atoms with Gasteiger partial charge in [0.2, 0.25) is 5.91 Å².